The minimum Gasteiger partial charge on any atom is -0.368 e. The van der Waals surface area contributed by atoms with Crippen molar-refractivity contribution in [1.29, 1.82) is 0 Å². The molecule has 2 amide bonds. The Balaban J connectivity index is 1.70. The number of carbonyl (C=O) groups excluding carboxylic acids is 2. The van der Waals surface area contributed by atoms with Gasteiger partial charge < -0.3 is 11.1 Å². The SMILES string of the molecule is CCC(NC(=O)c1cc(N(C2CN(C(c3ccc(Cl)cc3)c3ccc(Cl)cc3)C2)S(C)(=O)=O)cc(C(F)(F)F)c1)C(N)=O. The van der Waals surface area contributed by atoms with Crippen LogP contribution in [0.25, 0.3) is 0 Å². The number of halogens is 5. The summed E-state index contributed by atoms with van der Waals surface area (Å²) in [5, 5.41) is 3.39. The molecule has 1 aliphatic heterocycles. The van der Waals surface area contributed by atoms with Crippen LogP contribution in [0.15, 0.2) is 66.7 Å². The number of benzene rings is 3. The highest BCUT2D eigenvalue weighted by Crippen LogP contribution is 2.39. The number of primary amides is 1. The first-order valence-electron chi connectivity index (χ1n) is 13.1. The number of alkyl halides is 3. The van der Waals surface area contributed by atoms with Crippen LogP contribution in [0.4, 0.5) is 18.9 Å². The van der Waals surface area contributed by atoms with Gasteiger partial charge in [-0.05, 0) is 60.0 Å². The minimum atomic E-state index is -4.89. The van der Waals surface area contributed by atoms with Crippen LogP contribution in [0.5, 0.6) is 0 Å². The molecule has 4 rings (SSSR count). The van der Waals surface area contributed by atoms with Crippen molar-refractivity contribution in [2.24, 2.45) is 5.73 Å². The Kier molecular flexibility index (Phi) is 9.65. The monoisotopic (exact) mass is 656 g/mol. The van der Waals surface area contributed by atoms with E-state index in [1.54, 1.807) is 31.2 Å². The van der Waals surface area contributed by atoms with Crippen molar-refractivity contribution in [3.63, 3.8) is 0 Å². The lowest BCUT2D eigenvalue weighted by atomic mass is 9.93. The second-order valence-electron chi connectivity index (χ2n) is 10.3. The first kappa shape index (κ1) is 32.6. The lowest BCUT2D eigenvalue weighted by molar-refractivity contribution is -0.137. The standard InChI is InChI=1S/C29H29Cl2F3N4O4S/c1-3-25(27(35)39)36-28(40)19-12-20(29(32,33)34)14-23(13-19)38(43(2,41)42)24-15-37(16-24)26(17-4-8-21(30)9-5-17)18-6-10-22(31)11-7-18/h4-14,24-26H,3,15-16H2,1-2H3,(H2,35,39)(H,36,40). The van der Waals surface area contributed by atoms with E-state index in [-0.39, 0.29) is 31.2 Å². The van der Waals surface area contributed by atoms with Gasteiger partial charge in [-0.25, -0.2) is 8.42 Å². The maximum absolute atomic E-state index is 13.9. The molecule has 0 aliphatic carbocycles. The van der Waals surface area contributed by atoms with Crippen molar-refractivity contribution < 1.29 is 31.2 Å². The van der Waals surface area contributed by atoms with Crippen molar-refractivity contribution in [2.45, 2.75) is 37.6 Å². The lowest BCUT2D eigenvalue weighted by Gasteiger charge is -2.49. The van der Waals surface area contributed by atoms with Gasteiger partial charge in [0.25, 0.3) is 5.91 Å². The molecule has 3 aromatic rings. The molecule has 0 saturated carbocycles. The number of nitrogens with two attached hydrogens (primary N) is 1. The molecule has 1 unspecified atom stereocenters. The van der Waals surface area contributed by atoms with Crippen LogP contribution < -0.4 is 15.4 Å². The van der Waals surface area contributed by atoms with E-state index < -0.39 is 51.2 Å². The van der Waals surface area contributed by atoms with E-state index in [9.17, 15) is 31.2 Å². The van der Waals surface area contributed by atoms with Gasteiger partial charge in [0.2, 0.25) is 15.9 Å². The first-order chi connectivity index (χ1) is 20.1. The van der Waals surface area contributed by atoms with Crippen molar-refractivity contribution in [2.75, 3.05) is 23.7 Å². The van der Waals surface area contributed by atoms with Gasteiger partial charge in [0, 0.05) is 28.7 Å². The molecule has 1 fully saturated rings. The summed E-state index contributed by atoms with van der Waals surface area (Å²) in [4.78, 5) is 26.5. The van der Waals surface area contributed by atoms with Crippen LogP contribution in [-0.4, -0.2) is 56.6 Å². The highest BCUT2D eigenvalue weighted by molar-refractivity contribution is 7.92. The Morgan fingerprint density at radius 2 is 1.51 bits per heavy atom. The van der Waals surface area contributed by atoms with Crippen molar-refractivity contribution in [3.05, 3.63) is 99.0 Å². The predicted octanol–water partition coefficient (Wildman–Crippen LogP) is 5.25. The van der Waals surface area contributed by atoms with Gasteiger partial charge in [-0.2, -0.15) is 13.2 Å². The molecule has 1 atom stereocenters. The van der Waals surface area contributed by atoms with E-state index in [2.05, 4.69) is 5.32 Å². The molecule has 43 heavy (non-hydrogen) atoms. The zero-order chi connectivity index (χ0) is 31.7. The number of nitrogens with zero attached hydrogens (tertiary/aromatic N) is 2. The predicted molar refractivity (Wildman–Crippen MR) is 160 cm³/mol. The van der Waals surface area contributed by atoms with Crippen LogP contribution >= 0.6 is 23.2 Å². The molecule has 0 bridgehead atoms. The molecule has 14 heteroatoms. The van der Waals surface area contributed by atoms with E-state index >= 15 is 0 Å². The molecule has 1 heterocycles. The zero-order valence-electron chi connectivity index (χ0n) is 23.1. The summed E-state index contributed by atoms with van der Waals surface area (Å²) in [5.74, 6) is -1.85. The third kappa shape index (κ3) is 7.61. The van der Waals surface area contributed by atoms with E-state index in [1.165, 1.54) is 0 Å². The van der Waals surface area contributed by atoms with Crippen LogP contribution in [0.2, 0.25) is 10.0 Å². The zero-order valence-corrected chi connectivity index (χ0v) is 25.4. The Labute approximate surface area is 257 Å². The van der Waals surface area contributed by atoms with Gasteiger partial charge in [0.15, 0.2) is 0 Å². The number of amides is 2. The largest absolute Gasteiger partial charge is 0.416 e. The molecule has 3 aromatic carbocycles. The second-order valence-corrected chi connectivity index (χ2v) is 13.0. The molecule has 3 N–H and O–H groups in total. The molecule has 1 saturated heterocycles. The van der Waals surface area contributed by atoms with Crippen LogP contribution in [0.1, 0.15) is 46.4 Å². The van der Waals surface area contributed by atoms with Crippen molar-refractivity contribution in [1.82, 2.24) is 10.2 Å². The van der Waals surface area contributed by atoms with Gasteiger partial charge in [0.05, 0.1) is 29.6 Å². The third-order valence-electron chi connectivity index (χ3n) is 7.13. The molecule has 0 aromatic heterocycles. The summed E-state index contributed by atoms with van der Waals surface area (Å²) < 4.78 is 68.8. The number of carbonyl (C=O) groups is 2. The Morgan fingerprint density at radius 3 is 1.93 bits per heavy atom. The van der Waals surface area contributed by atoms with Crippen molar-refractivity contribution >= 4 is 50.7 Å². The molecule has 0 radical (unpaired) electrons. The maximum atomic E-state index is 13.9. The van der Waals surface area contributed by atoms with Crippen molar-refractivity contribution in [3.8, 4) is 0 Å². The van der Waals surface area contributed by atoms with Gasteiger partial charge in [0.1, 0.15) is 6.04 Å². The van der Waals surface area contributed by atoms with Crippen LogP contribution in [-0.2, 0) is 21.0 Å². The van der Waals surface area contributed by atoms with Crippen LogP contribution in [0.3, 0.4) is 0 Å². The average molecular weight is 658 g/mol. The number of nitrogens with one attached hydrogen (secondary N) is 1. The Hall–Kier alpha value is -3.32. The summed E-state index contributed by atoms with van der Waals surface area (Å²) in [5.41, 5.74) is 5.01. The molecular formula is C29H29Cl2F3N4O4S. The summed E-state index contributed by atoms with van der Waals surface area (Å²) in [6.45, 7) is 1.91. The first-order valence-corrected chi connectivity index (χ1v) is 15.8. The van der Waals surface area contributed by atoms with Gasteiger partial charge in [-0.15, -0.1) is 0 Å². The highest BCUT2D eigenvalue weighted by atomic mass is 35.5. The minimum absolute atomic E-state index is 0.114. The number of hydrogen-bond acceptors (Lipinski definition) is 5. The van der Waals surface area contributed by atoms with E-state index in [4.69, 9.17) is 28.9 Å². The third-order valence-corrected chi connectivity index (χ3v) is 8.86. The van der Waals surface area contributed by atoms with E-state index in [0.29, 0.717) is 22.2 Å². The Morgan fingerprint density at radius 1 is 1.00 bits per heavy atom. The number of anilines is 1. The van der Waals surface area contributed by atoms with Gasteiger partial charge >= 0.3 is 6.18 Å². The lowest BCUT2D eigenvalue weighted by Crippen LogP contribution is -2.61. The summed E-state index contributed by atoms with van der Waals surface area (Å²) >= 11 is 12.2. The molecule has 230 valence electrons. The summed E-state index contributed by atoms with van der Waals surface area (Å²) in [6, 6.07) is 14.5. The van der Waals surface area contributed by atoms with Crippen LogP contribution in [0, 0.1) is 0 Å². The maximum Gasteiger partial charge on any atom is 0.416 e. The normalized spacial score (nSPS) is 15.2. The fraction of sp³-hybridized carbons (Fsp3) is 0.310. The quantitative estimate of drug-likeness (QED) is 0.310. The van der Waals surface area contributed by atoms with Gasteiger partial charge in [-0.3, -0.25) is 18.8 Å². The fourth-order valence-corrected chi connectivity index (χ4v) is 6.49. The smallest absolute Gasteiger partial charge is 0.368 e. The number of hydrogen-bond donors (Lipinski definition) is 2. The Bertz CT molecular complexity index is 1550. The number of likely N-dealkylation sites (tertiary alicyclic amines) is 1. The van der Waals surface area contributed by atoms with E-state index in [1.807, 2.05) is 29.2 Å². The average Bonchev–Trinajstić information content (AvgIpc) is 2.90. The highest BCUT2D eigenvalue weighted by Gasteiger charge is 2.42. The topological polar surface area (TPSA) is 113 Å². The molecular weight excluding hydrogens is 628 g/mol. The van der Waals surface area contributed by atoms with E-state index in [0.717, 1.165) is 27.8 Å². The second kappa shape index (κ2) is 12.7. The molecule has 1 aliphatic rings. The fourth-order valence-electron chi connectivity index (χ4n) is 5.07. The molecule has 8 nitrogen and oxygen atoms in total. The number of sulfonamides is 1. The summed E-state index contributed by atoms with van der Waals surface area (Å²) in [6.07, 6.45) is -3.88. The molecule has 0 spiro atoms. The summed E-state index contributed by atoms with van der Waals surface area (Å²) in [7, 11) is -4.11. The van der Waals surface area contributed by atoms with Gasteiger partial charge in [-0.1, -0.05) is 54.4 Å². The number of rotatable bonds is 10.